The summed E-state index contributed by atoms with van der Waals surface area (Å²) in [5.74, 6) is 15.5. The summed E-state index contributed by atoms with van der Waals surface area (Å²) in [5.41, 5.74) is 8.08. The van der Waals surface area contributed by atoms with Gasteiger partial charge in [0.05, 0.1) is 12.5 Å². The Labute approximate surface area is 567 Å². The van der Waals surface area contributed by atoms with Crippen molar-refractivity contribution in [3.8, 4) is 16.4 Å². The molecule has 3 nitrogen and oxygen atoms in total. The third-order valence-electron chi connectivity index (χ3n) is 19.9. The fraction of sp³-hybridized carbons (Fsp3) is 0.530. The van der Waals surface area contributed by atoms with E-state index < -0.39 is 0 Å². The molecule has 0 amide bonds. The van der Waals surface area contributed by atoms with Crippen molar-refractivity contribution in [3.05, 3.63) is 172 Å². The van der Waals surface area contributed by atoms with E-state index in [1.54, 1.807) is 21.8 Å². The number of benzene rings is 6. The van der Waals surface area contributed by atoms with Gasteiger partial charge in [-0.15, -0.1) is 0 Å². The Morgan fingerprint density at radius 2 is 0.769 bits per heavy atom. The third kappa shape index (κ3) is 19.1. The van der Waals surface area contributed by atoms with Gasteiger partial charge in [0.1, 0.15) is 62.9 Å². The van der Waals surface area contributed by atoms with E-state index in [0.717, 1.165) is 59.6 Å². The van der Waals surface area contributed by atoms with Crippen LogP contribution in [-0.4, -0.2) is 59.1 Å². The minimum Gasteiger partial charge on any atom is -0.496 e. The van der Waals surface area contributed by atoms with E-state index in [-0.39, 0.29) is 32.7 Å². The molecule has 8 heteroatoms. The van der Waals surface area contributed by atoms with Gasteiger partial charge in [-0.2, -0.15) is 0 Å². The summed E-state index contributed by atoms with van der Waals surface area (Å²) in [4.78, 5) is 20.9. The monoisotopic (exact) mass is 1320 g/mol. The summed E-state index contributed by atoms with van der Waals surface area (Å²) in [6, 6.07) is 49.7. The van der Waals surface area contributed by atoms with Gasteiger partial charge >= 0.3 is 5.97 Å². The van der Waals surface area contributed by atoms with Crippen LogP contribution in [0.1, 0.15) is 198 Å². The van der Waals surface area contributed by atoms with Gasteiger partial charge in [0.25, 0.3) is 0 Å². The van der Waals surface area contributed by atoms with Crippen LogP contribution in [0.2, 0.25) is 0 Å². The molecule has 7 aromatic rings. The first-order valence-corrected chi connectivity index (χ1v) is 42.8. The van der Waals surface area contributed by atoms with Crippen LogP contribution in [0.25, 0.3) is 15.0 Å². The number of carbonyl (C=O) groups is 1. The van der Waals surface area contributed by atoms with Crippen molar-refractivity contribution >= 4 is 70.1 Å². The normalized spacial score (nSPS) is 21.9. The molecule has 4 saturated carbocycles. The number of hydrogen-bond acceptors (Lipinski definition) is 3. The van der Waals surface area contributed by atoms with Crippen LogP contribution in [-0.2, 0) is 59.2 Å². The standard InChI is InChI=1S/C23H31O2S.C18H19S.C15H23S.C14H21OS.C11H15S.C2H6/c1-15-7-20(26-5-3-4-6-26)8-16(2)21(15)25-22(24)23-12-17-9-18(13-23)11-19(10-17)14-23;1-18(2,3)15-8-10-16(11-9-15)19-13-12-14-6-4-5-7-17(14)19;1-15(2,3)13-7-9-14(10-8-13)16-11-5-4-6-12-16;1-11-9-13(10-12(2)14(11)15-3)16-7-5-4-6-8-16;1-3-7-11(8-4-1)12-9-5-2-6-10-12;1-2/h7-8,17-19H,3-6,9-14H2,1-2H3;4-13H,1-3H3;7-10H,4-6,11-12H2,1-3H3;9-10H,4-8H2,1-3H3;1,3-4,7-8H,2,5-6,9-10H2;1-2H3/q5*+1;. The van der Waals surface area contributed by atoms with Gasteiger partial charge in [-0.25, -0.2) is 0 Å². The molecule has 4 aliphatic carbocycles. The maximum absolute atomic E-state index is 13.3. The number of thiophene rings is 1. The number of esters is 1. The van der Waals surface area contributed by atoms with Gasteiger partial charge in [-0.3, -0.25) is 4.79 Å². The molecule has 1 aromatic heterocycles. The average Bonchev–Trinajstić information content (AvgIpc) is 1.42. The van der Waals surface area contributed by atoms with Crippen LogP contribution >= 0.6 is 10.5 Å². The molecule has 1 unspecified atom stereocenters. The molecule has 4 saturated heterocycles. The number of ether oxygens (including phenoxy) is 2. The summed E-state index contributed by atoms with van der Waals surface area (Å²) < 4.78 is 13.0. The lowest BCUT2D eigenvalue weighted by Gasteiger charge is -2.55. The number of fused-ring (bicyclic) bond motifs is 1. The highest BCUT2D eigenvalue weighted by Gasteiger charge is 2.56. The lowest BCUT2D eigenvalue weighted by atomic mass is 9.49. The smallest absolute Gasteiger partial charge is 0.317 e. The van der Waals surface area contributed by atoms with Crippen molar-refractivity contribution in [2.75, 3.05) is 53.1 Å². The number of rotatable bonds is 8. The second-order valence-corrected chi connectivity index (χ2v) is 40.1. The van der Waals surface area contributed by atoms with Crippen LogP contribution in [0.4, 0.5) is 0 Å². The van der Waals surface area contributed by atoms with Crippen LogP contribution in [0, 0.1) is 50.9 Å². The van der Waals surface area contributed by atoms with Crippen molar-refractivity contribution in [2.45, 2.75) is 223 Å². The molecule has 4 aliphatic heterocycles. The zero-order valence-corrected chi connectivity index (χ0v) is 62.5. The molecular weight excluding hydrogens is 1210 g/mol. The fourth-order valence-electron chi connectivity index (χ4n) is 15.4. The highest BCUT2D eigenvalue weighted by Crippen LogP contribution is 2.60. The van der Waals surface area contributed by atoms with Gasteiger partial charge in [-0.1, -0.05) is 110 Å². The zero-order valence-electron chi connectivity index (χ0n) is 58.5. The summed E-state index contributed by atoms with van der Waals surface area (Å²) in [7, 11) is 3.95. The van der Waals surface area contributed by atoms with Crippen LogP contribution < -0.4 is 9.47 Å². The highest BCUT2D eigenvalue weighted by molar-refractivity contribution is 7.97. The third-order valence-corrected chi connectivity index (χ3v) is 31.9. The predicted molar refractivity (Wildman–Crippen MR) is 406 cm³/mol. The minimum atomic E-state index is -0.167. The summed E-state index contributed by atoms with van der Waals surface area (Å²) in [6.07, 6.45) is 23.0. The Morgan fingerprint density at radius 1 is 0.418 bits per heavy atom. The van der Waals surface area contributed by atoms with E-state index in [1.165, 1.54) is 178 Å². The van der Waals surface area contributed by atoms with Crippen molar-refractivity contribution in [2.24, 2.45) is 23.2 Å². The summed E-state index contributed by atoms with van der Waals surface area (Å²) in [5, 5.41) is 3.70. The molecule has 4 bridgehead atoms. The van der Waals surface area contributed by atoms with E-state index in [1.807, 2.05) is 13.8 Å². The van der Waals surface area contributed by atoms with Gasteiger partial charge < -0.3 is 9.47 Å². The minimum absolute atomic E-state index is 0.0823. The number of aryl methyl sites for hydroxylation is 4. The van der Waals surface area contributed by atoms with Crippen LogP contribution in [0.15, 0.2) is 158 Å². The maximum atomic E-state index is 13.3. The highest BCUT2D eigenvalue weighted by atomic mass is 32.2. The van der Waals surface area contributed by atoms with Gasteiger partial charge in [0.2, 0.25) is 0 Å². The molecular formula is C83H115O3S5+5. The Kier molecular flexibility index (Phi) is 26.3. The van der Waals surface area contributed by atoms with E-state index >= 15 is 0 Å². The first kappa shape index (κ1) is 71.2. The summed E-state index contributed by atoms with van der Waals surface area (Å²) >= 11 is 0. The molecule has 5 heterocycles. The molecule has 91 heavy (non-hydrogen) atoms. The van der Waals surface area contributed by atoms with Gasteiger partial charge in [0, 0.05) is 65.5 Å². The lowest BCUT2D eigenvalue weighted by molar-refractivity contribution is -0.161. The molecule has 0 N–H and O–H groups in total. The summed E-state index contributed by atoms with van der Waals surface area (Å²) in [6.45, 7) is 26.2. The van der Waals surface area contributed by atoms with E-state index in [9.17, 15) is 4.79 Å². The Morgan fingerprint density at radius 3 is 1.18 bits per heavy atom. The number of carbonyl (C=O) groups excluding carboxylic acids is 1. The zero-order chi connectivity index (χ0) is 64.7. The van der Waals surface area contributed by atoms with Crippen molar-refractivity contribution in [3.63, 3.8) is 0 Å². The second kappa shape index (κ2) is 33.6. The lowest BCUT2D eigenvalue weighted by Crippen LogP contribution is -2.51. The molecule has 8 fully saturated rings. The van der Waals surface area contributed by atoms with E-state index in [4.69, 9.17) is 9.47 Å². The Bertz CT molecular complexity index is 3280. The molecule has 8 aliphatic rings. The van der Waals surface area contributed by atoms with Crippen molar-refractivity contribution < 1.29 is 14.3 Å². The SMILES string of the molecule is CC.CC(C)(C)c1ccc(-[s+]2ccc3ccccc32)cc1.CC(C)(C)c1ccc([S+]2CCCCC2)cc1.COc1c(C)cc([S+]2CCCCC2)cc1C.Cc1cc([S+]2CCCC2)cc(C)c1OC(=O)C12CC3CC(CC(C3)C1)C2.c1ccc([S+]2CCCCC2)cc1. The number of hydrogen-bond donors (Lipinski definition) is 0. The van der Waals surface area contributed by atoms with Crippen molar-refractivity contribution in [1.29, 1.82) is 0 Å². The average molecular weight is 1320 g/mol. The Balaban J connectivity index is 0.000000137. The Hall–Kier alpha value is -4.05. The topological polar surface area (TPSA) is 35.5 Å². The first-order valence-electron chi connectivity index (χ1n) is 35.3. The van der Waals surface area contributed by atoms with Gasteiger partial charge in [0.15, 0.2) is 29.2 Å². The largest absolute Gasteiger partial charge is 0.496 e. The predicted octanol–water partition coefficient (Wildman–Crippen LogP) is 22.6. The number of methoxy groups -OCH3 is 1. The van der Waals surface area contributed by atoms with E-state index in [2.05, 4.69) is 208 Å². The molecule has 6 aromatic carbocycles. The first-order chi connectivity index (χ1) is 43.8. The van der Waals surface area contributed by atoms with Crippen LogP contribution in [0.3, 0.4) is 0 Å². The van der Waals surface area contributed by atoms with Crippen molar-refractivity contribution in [1.82, 2.24) is 0 Å². The quantitative estimate of drug-likeness (QED) is 0.0864. The maximum Gasteiger partial charge on any atom is 0.317 e. The molecule has 0 spiro atoms. The molecule has 15 rings (SSSR count). The fourth-order valence-corrected chi connectivity index (χ4v) is 26.8. The molecule has 0 radical (unpaired) electrons. The molecule has 1 atom stereocenters. The van der Waals surface area contributed by atoms with Crippen LogP contribution in [0.5, 0.6) is 11.5 Å². The molecule has 490 valence electrons. The second-order valence-electron chi connectivity index (χ2n) is 29.1. The van der Waals surface area contributed by atoms with Gasteiger partial charge in [-0.05, 0) is 272 Å². The van der Waals surface area contributed by atoms with E-state index in [0.29, 0.717) is 43.6 Å².